The zero-order chi connectivity index (χ0) is 31.3. The predicted octanol–water partition coefficient (Wildman–Crippen LogP) is 6.26. The minimum absolute atomic E-state index is 0.0168. The number of anilines is 1. The maximum absolute atomic E-state index is 14.6. The van der Waals surface area contributed by atoms with Crippen molar-refractivity contribution < 1.29 is 29.3 Å². The molecule has 1 aliphatic rings. The molecule has 1 fully saturated rings. The molecule has 4 N–H and O–H groups in total. The number of aryl methyl sites for hydroxylation is 1. The summed E-state index contributed by atoms with van der Waals surface area (Å²) in [7, 11) is 0. The molecule has 228 valence electrons. The van der Waals surface area contributed by atoms with Crippen molar-refractivity contribution in [1.82, 2.24) is 10.2 Å². The standard InChI is InChI=1S/C33H38ClN3O6/c1-20-7-5-10-26(34)28(20)36-30(40)29(22-13-17-25(39)18-14-22)37(23-8-6-9-23)31(41)27(35-32(42)43-33(2,3)4)19-21-11-15-24(38)16-12-21/h5,7,10-18,23,27,29,38-39H,6,8-9,19H2,1-4H3,(H,35,42)(H,36,40). The molecule has 1 aliphatic carbocycles. The van der Waals surface area contributed by atoms with Crippen molar-refractivity contribution in [3.05, 3.63) is 88.4 Å². The number of phenolic OH excluding ortho intramolecular Hbond substituents is 2. The molecule has 3 amide bonds. The van der Waals surface area contributed by atoms with Gasteiger partial charge in [-0.3, -0.25) is 9.59 Å². The van der Waals surface area contributed by atoms with Gasteiger partial charge in [0, 0.05) is 12.5 Å². The maximum atomic E-state index is 14.6. The number of carbonyl (C=O) groups is 3. The van der Waals surface area contributed by atoms with Crippen LogP contribution >= 0.6 is 11.6 Å². The van der Waals surface area contributed by atoms with Crippen LogP contribution in [0.25, 0.3) is 0 Å². The van der Waals surface area contributed by atoms with Crippen molar-refractivity contribution in [2.45, 2.75) is 77.1 Å². The van der Waals surface area contributed by atoms with Crippen LogP contribution in [-0.4, -0.2) is 50.7 Å². The fourth-order valence-electron chi connectivity index (χ4n) is 4.96. The zero-order valence-electron chi connectivity index (χ0n) is 24.8. The Morgan fingerprint density at radius 2 is 1.58 bits per heavy atom. The lowest BCUT2D eigenvalue weighted by molar-refractivity contribution is -0.145. The van der Waals surface area contributed by atoms with E-state index in [1.165, 1.54) is 24.3 Å². The van der Waals surface area contributed by atoms with Gasteiger partial charge in [-0.2, -0.15) is 0 Å². The molecule has 0 heterocycles. The number of aromatic hydroxyl groups is 2. The molecule has 0 aliphatic heterocycles. The number of rotatable bonds is 9. The van der Waals surface area contributed by atoms with Gasteiger partial charge in [-0.15, -0.1) is 0 Å². The van der Waals surface area contributed by atoms with Crippen molar-refractivity contribution >= 4 is 35.2 Å². The van der Waals surface area contributed by atoms with Crippen molar-refractivity contribution in [3.63, 3.8) is 0 Å². The summed E-state index contributed by atoms with van der Waals surface area (Å²) in [5.74, 6) is -0.861. The Balaban J connectivity index is 1.76. The number of halogens is 1. The van der Waals surface area contributed by atoms with Crippen molar-refractivity contribution in [2.75, 3.05) is 5.32 Å². The van der Waals surface area contributed by atoms with Crippen LogP contribution < -0.4 is 10.6 Å². The topological polar surface area (TPSA) is 128 Å². The van der Waals surface area contributed by atoms with E-state index in [2.05, 4.69) is 10.6 Å². The number of amides is 3. The van der Waals surface area contributed by atoms with E-state index in [1.54, 1.807) is 62.1 Å². The molecule has 1 saturated carbocycles. The lowest BCUT2D eigenvalue weighted by atomic mass is 9.87. The summed E-state index contributed by atoms with van der Waals surface area (Å²) in [5.41, 5.74) is 1.57. The quantitative estimate of drug-likeness (QED) is 0.227. The number of nitrogens with zero attached hydrogens (tertiary/aromatic N) is 1. The van der Waals surface area contributed by atoms with Crippen molar-refractivity contribution in [1.29, 1.82) is 0 Å². The highest BCUT2D eigenvalue weighted by Gasteiger charge is 2.42. The number of benzene rings is 3. The molecule has 0 aromatic heterocycles. The molecule has 0 spiro atoms. The Kier molecular flexibility index (Phi) is 9.86. The fraction of sp³-hybridized carbons (Fsp3) is 0.364. The SMILES string of the molecule is Cc1cccc(Cl)c1NC(=O)C(c1ccc(O)cc1)N(C(=O)C(Cc1ccc(O)cc1)NC(=O)OC(C)(C)C)C1CCC1. The fourth-order valence-corrected chi connectivity index (χ4v) is 5.23. The minimum atomic E-state index is -1.10. The first-order valence-electron chi connectivity index (χ1n) is 14.3. The van der Waals surface area contributed by atoms with E-state index >= 15 is 0 Å². The van der Waals surface area contributed by atoms with Crippen LogP contribution in [0.4, 0.5) is 10.5 Å². The monoisotopic (exact) mass is 607 g/mol. The van der Waals surface area contributed by atoms with Crippen LogP contribution in [0, 0.1) is 6.92 Å². The first-order valence-corrected chi connectivity index (χ1v) is 14.6. The molecule has 10 heteroatoms. The smallest absolute Gasteiger partial charge is 0.408 e. The van der Waals surface area contributed by atoms with Gasteiger partial charge >= 0.3 is 6.09 Å². The molecule has 4 rings (SSSR count). The van der Waals surface area contributed by atoms with Gasteiger partial charge in [-0.25, -0.2) is 4.79 Å². The Morgan fingerprint density at radius 1 is 0.977 bits per heavy atom. The molecule has 0 saturated heterocycles. The third-order valence-electron chi connectivity index (χ3n) is 7.29. The Morgan fingerprint density at radius 3 is 2.12 bits per heavy atom. The Hall–Kier alpha value is -4.24. The third kappa shape index (κ3) is 8.20. The minimum Gasteiger partial charge on any atom is -0.508 e. The number of hydrogen-bond donors (Lipinski definition) is 4. The van der Waals surface area contributed by atoms with Gasteiger partial charge in [0.2, 0.25) is 5.91 Å². The number of alkyl carbamates (subject to hydrolysis) is 1. The number of hydrogen-bond acceptors (Lipinski definition) is 6. The molecule has 3 aromatic rings. The molecule has 3 aromatic carbocycles. The van der Waals surface area contributed by atoms with Crippen molar-refractivity contribution in [2.24, 2.45) is 0 Å². The maximum Gasteiger partial charge on any atom is 0.408 e. The van der Waals surface area contributed by atoms with E-state index < -0.39 is 35.6 Å². The van der Waals surface area contributed by atoms with Gasteiger partial charge in [-0.05, 0) is 94.0 Å². The normalized spacial score (nSPS) is 14.6. The Bertz CT molecular complexity index is 1430. The summed E-state index contributed by atoms with van der Waals surface area (Å²) in [5, 5.41) is 25.8. The second kappa shape index (κ2) is 13.4. The first-order chi connectivity index (χ1) is 20.3. The average molecular weight is 608 g/mol. The van der Waals surface area contributed by atoms with E-state index in [4.69, 9.17) is 16.3 Å². The number of ether oxygens (including phenoxy) is 1. The van der Waals surface area contributed by atoms with E-state index in [9.17, 15) is 24.6 Å². The number of carbonyl (C=O) groups excluding carboxylic acids is 3. The largest absolute Gasteiger partial charge is 0.508 e. The van der Waals surface area contributed by atoms with E-state index in [0.717, 1.165) is 12.0 Å². The molecular weight excluding hydrogens is 570 g/mol. The van der Waals surface area contributed by atoms with Crippen LogP contribution in [0.3, 0.4) is 0 Å². The second-order valence-electron chi connectivity index (χ2n) is 11.8. The number of nitrogens with one attached hydrogen (secondary N) is 2. The van der Waals surface area contributed by atoms with Crippen LogP contribution in [0.15, 0.2) is 66.7 Å². The lowest BCUT2D eigenvalue weighted by Crippen LogP contribution is -2.57. The van der Waals surface area contributed by atoms with Gasteiger partial charge in [0.1, 0.15) is 29.2 Å². The average Bonchev–Trinajstić information content (AvgIpc) is 2.90. The third-order valence-corrected chi connectivity index (χ3v) is 7.61. The Labute approximate surface area is 256 Å². The number of phenols is 2. The second-order valence-corrected chi connectivity index (χ2v) is 12.2. The van der Waals surface area contributed by atoms with Gasteiger partial charge < -0.3 is 30.5 Å². The molecule has 2 atom stereocenters. The number of para-hydroxylation sites is 1. The first kappa shape index (κ1) is 31.7. The van der Waals surface area contributed by atoms with Gasteiger partial charge in [-0.1, -0.05) is 48.0 Å². The summed E-state index contributed by atoms with van der Waals surface area (Å²) >= 11 is 6.44. The lowest BCUT2D eigenvalue weighted by Gasteiger charge is -2.43. The zero-order valence-corrected chi connectivity index (χ0v) is 25.5. The summed E-state index contributed by atoms with van der Waals surface area (Å²) in [6.45, 7) is 7.01. The summed E-state index contributed by atoms with van der Waals surface area (Å²) in [4.78, 5) is 43.2. The van der Waals surface area contributed by atoms with Gasteiger partial charge in [0.05, 0.1) is 10.7 Å². The van der Waals surface area contributed by atoms with Crippen LogP contribution in [-0.2, 0) is 20.7 Å². The van der Waals surface area contributed by atoms with E-state index in [0.29, 0.717) is 34.7 Å². The van der Waals surface area contributed by atoms with Gasteiger partial charge in [0.25, 0.3) is 5.91 Å². The highest BCUT2D eigenvalue weighted by Crippen LogP contribution is 2.36. The molecular formula is C33H38ClN3O6. The van der Waals surface area contributed by atoms with Gasteiger partial charge in [0.15, 0.2) is 0 Å². The van der Waals surface area contributed by atoms with Crippen LogP contribution in [0.5, 0.6) is 11.5 Å². The highest BCUT2D eigenvalue weighted by atomic mass is 35.5. The highest BCUT2D eigenvalue weighted by molar-refractivity contribution is 6.34. The van der Waals surface area contributed by atoms with E-state index in [1.807, 2.05) is 13.0 Å². The molecule has 2 unspecified atom stereocenters. The van der Waals surface area contributed by atoms with E-state index in [-0.39, 0.29) is 24.0 Å². The van der Waals surface area contributed by atoms with Crippen molar-refractivity contribution in [3.8, 4) is 11.5 Å². The summed E-state index contributed by atoms with van der Waals surface area (Å²) in [6, 6.07) is 15.3. The summed E-state index contributed by atoms with van der Waals surface area (Å²) in [6.07, 6.45) is 1.56. The molecule has 0 bridgehead atoms. The molecule has 43 heavy (non-hydrogen) atoms. The predicted molar refractivity (Wildman–Crippen MR) is 165 cm³/mol. The van der Waals surface area contributed by atoms with Crippen LogP contribution in [0.1, 0.15) is 62.8 Å². The van der Waals surface area contributed by atoms with Crippen LogP contribution in [0.2, 0.25) is 5.02 Å². The molecule has 9 nitrogen and oxygen atoms in total. The molecule has 0 radical (unpaired) electrons. The summed E-state index contributed by atoms with van der Waals surface area (Å²) < 4.78 is 5.48.